The van der Waals surface area contributed by atoms with Crippen LogP contribution in [0.1, 0.15) is 5.82 Å². The number of para-hydroxylation sites is 2. The second kappa shape index (κ2) is 6.45. The second-order valence-electron chi connectivity index (χ2n) is 5.82. The van der Waals surface area contributed by atoms with Gasteiger partial charge in [0.25, 0.3) is 0 Å². The summed E-state index contributed by atoms with van der Waals surface area (Å²) in [6.07, 6.45) is 1.79. The fourth-order valence-electron chi connectivity index (χ4n) is 3.00. The molecule has 7 nitrogen and oxygen atoms in total. The molecule has 1 aliphatic rings. The lowest BCUT2D eigenvalue weighted by molar-refractivity contribution is 0.178. The molecule has 3 heterocycles. The molecule has 0 saturated carbocycles. The van der Waals surface area contributed by atoms with Crippen LogP contribution >= 0.6 is 0 Å². The molecule has 3 aromatic rings. The van der Waals surface area contributed by atoms with Crippen LogP contribution in [0.2, 0.25) is 0 Å². The molecule has 1 aliphatic heterocycles. The molecule has 0 atom stereocenters. The molecule has 7 heteroatoms. The maximum Gasteiger partial charge on any atom is 0.203 e. The van der Waals surface area contributed by atoms with Crippen LogP contribution in [0.3, 0.4) is 0 Å². The smallest absolute Gasteiger partial charge is 0.203 e. The third-order valence-electron chi connectivity index (χ3n) is 4.24. The highest BCUT2D eigenvalue weighted by Crippen LogP contribution is 2.20. The van der Waals surface area contributed by atoms with Gasteiger partial charge in [-0.05, 0) is 18.2 Å². The summed E-state index contributed by atoms with van der Waals surface area (Å²) in [5.41, 5.74) is 2.09. The number of hydrogen-bond donors (Lipinski definition) is 1. The number of nitrogens with one attached hydrogen (secondary N) is 1. The number of piperazine rings is 1. The van der Waals surface area contributed by atoms with E-state index in [-0.39, 0.29) is 0 Å². The van der Waals surface area contributed by atoms with E-state index >= 15 is 0 Å². The fraction of sp³-hybridized carbons (Fsp3) is 0.353. The fourth-order valence-corrected chi connectivity index (χ4v) is 3.00. The quantitative estimate of drug-likeness (QED) is 0.789. The van der Waals surface area contributed by atoms with E-state index in [0.717, 1.165) is 54.8 Å². The van der Waals surface area contributed by atoms with Crippen molar-refractivity contribution in [2.45, 2.75) is 6.61 Å². The van der Waals surface area contributed by atoms with Crippen LogP contribution in [0.5, 0.6) is 0 Å². The van der Waals surface area contributed by atoms with Crippen molar-refractivity contribution in [1.82, 2.24) is 19.9 Å². The molecule has 2 aromatic heterocycles. The summed E-state index contributed by atoms with van der Waals surface area (Å²) in [6.45, 7) is 4.06. The lowest BCUT2D eigenvalue weighted by Gasteiger charge is -2.35. The van der Waals surface area contributed by atoms with E-state index in [1.54, 1.807) is 13.3 Å². The number of fused-ring (bicyclic) bond motifs is 1. The van der Waals surface area contributed by atoms with E-state index in [2.05, 4.69) is 35.8 Å². The number of nitrogens with zero attached hydrogens (tertiary/aromatic N) is 5. The topological polar surface area (TPSA) is 70.2 Å². The monoisotopic (exact) mass is 324 g/mol. The molecule has 1 aromatic carbocycles. The van der Waals surface area contributed by atoms with Crippen LogP contribution in [-0.4, -0.2) is 53.2 Å². The number of hydrogen-bond acceptors (Lipinski definition) is 6. The first-order valence-electron chi connectivity index (χ1n) is 8.09. The summed E-state index contributed by atoms with van der Waals surface area (Å²) in [5, 5.41) is 0. The van der Waals surface area contributed by atoms with Crippen molar-refractivity contribution in [2.24, 2.45) is 0 Å². The lowest BCUT2D eigenvalue weighted by atomic mass is 10.3. The van der Waals surface area contributed by atoms with E-state index in [0.29, 0.717) is 6.61 Å². The highest BCUT2D eigenvalue weighted by Gasteiger charge is 2.20. The lowest BCUT2D eigenvalue weighted by Crippen LogP contribution is -2.47. The molecule has 0 radical (unpaired) electrons. The standard InChI is InChI=1S/C17H20N6O/c1-24-12-15-18-7-6-16(21-15)22-8-10-23(11-9-22)17-19-13-4-2-3-5-14(13)20-17/h2-7H,8-12H2,1H3,(H,19,20). The zero-order valence-corrected chi connectivity index (χ0v) is 13.6. The Kier molecular flexibility index (Phi) is 4.00. The van der Waals surface area contributed by atoms with Crippen molar-refractivity contribution >= 4 is 22.8 Å². The van der Waals surface area contributed by atoms with Crippen LogP contribution in [0.25, 0.3) is 11.0 Å². The summed E-state index contributed by atoms with van der Waals surface area (Å²) in [4.78, 5) is 21.4. The first-order valence-corrected chi connectivity index (χ1v) is 8.09. The number of H-pyrrole nitrogens is 1. The largest absolute Gasteiger partial charge is 0.377 e. The van der Waals surface area contributed by atoms with Crippen molar-refractivity contribution in [1.29, 1.82) is 0 Å². The Morgan fingerprint density at radius 3 is 2.62 bits per heavy atom. The van der Waals surface area contributed by atoms with Crippen molar-refractivity contribution in [2.75, 3.05) is 43.1 Å². The molecule has 1 N–H and O–H groups in total. The Hall–Kier alpha value is -2.67. The molecule has 124 valence electrons. The van der Waals surface area contributed by atoms with E-state index in [4.69, 9.17) is 4.74 Å². The van der Waals surface area contributed by atoms with Gasteiger partial charge in [-0.3, -0.25) is 0 Å². The summed E-state index contributed by atoms with van der Waals surface area (Å²) in [6, 6.07) is 10.1. The van der Waals surface area contributed by atoms with Crippen molar-refractivity contribution in [3.63, 3.8) is 0 Å². The number of benzene rings is 1. The minimum atomic E-state index is 0.437. The number of anilines is 2. The Bertz CT molecular complexity index is 792. The third-order valence-corrected chi connectivity index (χ3v) is 4.24. The number of aromatic nitrogens is 4. The van der Waals surface area contributed by atoms with Gasteiger partial charge in [-0.25, -0.2) is 15.0 Å². The summed E-state index contributed by atoms with van der Waals surface area (Å²) < 4.78 is 5.11. The molecule has 0 spiro atoms. The van der Waals surface area contributed by atoms with Gasteiger partial charge in [0.05, 0.1) is 11.0 Å². The van der Waals surface area contributed by atoms with E-state index in [1.165, 1.54) is 0 Å². The molecule has 24 heavy (non-hydrogen) atoms. The van der Waals surface area contributed by atoms with Gasteiger partial charge in [0.15, 0.2) is 5.82 Å². The number of imidazole rings is 1. The van der Waals surface area contributed by atoms with Crippen molar-refractivity contribution in [3.05, 3.63) is 42.4 Å². The average molecular weight is 324 g/mol. The van der Waals surface area contributed by atoms with Gasteiger partial charge in [0.1, 0.15) is 12.4 Å². The minimum Gasteiger partial charge on any atom is -0.377 e. The van der Waals surface area contributed by atoms with Gasteiger partial charge in [-0.2, -0.15) is 0 Å². The number of methoxy groups -OCH3 is 1. The van der Waals surface area contributed by atoms with E-state index in [1.807, 2.05) is 24.3 Å². The van der Waals surface area contributed by atoms with Gasteiger partial charge in [-0.15, -0.1) is 0 Å². The summed E-state index contributed by atoms with van der Waals surface area (Å²) >= 11 is 0. The number of ether oxygens (including phenoxy) is 1. The summed E-state index contributed by atoms with van der Waals surface area (Å²) in [7, 11) is 1.65. The van der Waals surface area contributed by atoms with Crippen LogP contribution < -0.4 is 9.80 Å². The maximum atomic E-state index is 5.11. The molecular formula is C17H20N6O. The molecule has 4 rings (SSSR count). The number of rotatable bonds is 4. The molecule has 1 saturated heterocycles. The molecule has 0 bridgehead atoms. The highest BCUT2D eigenvalue weighted by molar-refractivity contribution is 5.77. The third kappa shape index (κ3) is 2.90. The van der Waals surface area contributed by atoms with Crippen LogP contribution in [0.15, 0.2) is 36.5 Å². The van der Waals surface area contributed by atoms with Crippen LogP contribution in [0, 0.1) is 0 Å². The predicted molar refractivity (Wildman–Crippen MR) is 93.3 cm³/mol. The van der Waals surface area contributed by atoms with Gasteiger partial charge >= 0.3 is 0 Å². The van der Waals surface area contributed by atoms with Gasteiger partial charge in [0, 0.05) is 39.5 Å². The SMILES string of the molecule is COCc1nccc(N2CCN(c3nc4ccccc4[nH]3)CC2)n1. The first-order chi connectivity index (χ1) is 11.8. The molecular weight excluding hydrogens is 304 g/mol. The van der Waals surface area contributed by atoms with Crippen LogP contribution in [0.4, 0.5) is 11.8 Å². The number of aromatic amines is 1. The maximum absolute atomic E-state index is 5.11. The average Bonchev–Trinajstić information content (AvgIpc) is 3.07. The van der Waals surface area contributed by atoms with Gasteiger partial charge in [0.2, 0.25) is 5.95 Å². The minimum absolute atomic E-state index is 0.437. The Morgan fingerprint density at radius 2 is 1.83 bits per heavy atom. The second-order valence-corrected chi connectivity index (χ2v) is 5.82. The zero-order chi connectivity index (χ0) is 16.4. The van der Waals surface area contributed by atoms with E-state index < -0.39 is 0 Å². The predicted octanol–water partition coefficient (Wildman–Crippen LogP) is 1.83. The summed E-state index contributed by atoms with van der Waals surface area (Å²) in [5.74, 6) is 2.62. The molecule has 0 aliphatic carbocycles. The van der Waals surface area contributed by atoms with Crippen molar-refractivity contribution < 1.29 is 4.74 Å². The van der Waals surface area contributed by atoms with Crippen LogP contribution in [-0.2, 0) is 11.3 Å². The van der Waals surface area contributed by atoms with Gasteiger partial charge < -0.3 is 19.5 Å². The normalized spacial score (nSPS) is 15.2. The Balaban J connectivity index is 1.45. The Labute approximate surface area is 140 Å². The Morgan fingerprint density at radius 1 is 1.04 bits per heavy atom. The zero-order valence-electron chi connectivity index (χ0n) is 13.6. The first kappa shape index (κ1) is 14.9. The molecule has 0 unspecified atom stereocenters. The molecule has 0 amide bonds. The van der Waals surface area contributed by atoms with Crippen molar-refractivity contribution in [3.8, 4) is 0 Å². The van der Waals surface area contributed by atoms with Gasteiger partial charge in [-0.1, -0.05) is 12.1 Å². The van der Waals surface area contributed by atoms with E-state index in [9.17, 15) is 0 Å². The highest BCUT2D eigenvalue weighted by atomic mass is 16.5. The molecule has 1 fully saturated rings.